The minimum absolute atomic E-state index is 0.335. The highest BCUT2D eigenvalue weighted by atomic mass is 35.5. The summed E-state index contributed by atoms with van der Waals surface area (Å²) in [6.45, 7) is 3.91. The van der Waals surface area contributed by atoms with E-state index in [1.54, 1.807) is 24.3 Å². The van der Waals surface area contributed by atoms with E-state index in [2.05, 4.69) is 4.90 Å². The van der Waals surface area contributed by atoms with Gasteiger partial charge in [0, 0.05) is 31.2 Å². The first kappa shape index (κ1) is 17.5. The molecule has 0 radical (unpaired) electrons. The molecule has 2 aromatic rings. The van der Waals surface area contributed by atoms with Crippen LogP contribution in [0.5, 0.6) is 0 Å². The summed E-state index contributed by atoms with van der Waals surface area (Å²) in [6.07, 6.45) is 0. The number of rotatable bonds is 3. The van der Waals surface area contributed by atoms with E-state index >= 15 is 0 Å². The van der Waals surface area contributed by atoms with Crippen LogP contribution in [0.15, 0.2) is 47.4 Å². The Hall–Kier alpha value is -1.27. The number of aryl methyl sites for hydroxylation is 1. The van der Waals surface area contributed by atoms with Gasteiger partial charge in [0.05, 0.1) is 15.6 Å². The predicted molar refractivity (Wildman–Crippen MR) is 98.6 cm³/mol. The van der Waals surface area contributed by atoms with E-state index in [1.807, 2.05) is 25.1 Å². The SMILES string of the molecule is Cc1ccc(S(=O)(=O)N2CCN(c3cc(Cl)ccc3Cl)CC2)cc1. The topological polar surface area (TPSA) is 40.6 Å². The van der Waals surface area contributed by atoms with Crippen molar-refractivity contribution in [2.45, 2.75) is 11.8 Å². The van der Waals surface area contributed by atoms with Crippen molar-refractivity contribution in [2.24, 2.45) is 0 Å². The number of piperazine rings is 1. The molecule has 0 aromatic heterocycles. The van der Waals surface area contributed by atoms with Crippen LogP contribution in [0.2, 0.25) is 10.0 Å². The first-order chi connectivity index (χ1) is 11.4. The van der Waals surface area contributed by atoms with Crippen LogP contribution in [0.3, 0.4) is 0 Å². The van der Waals surface area contributed by atoms with E-state index < -0.39 is 10.0 Å². The van der Waals surface area contributed by atoms with Gasteiger partial charge < -0.3 is 4.90 Å². The Bertz CT molecular complexity index is 830. The molecule has 1 saturated heterocycles. The number of anilines is 1. The minimum Gasteiger partial charge on any atom is -0.368 e. The molecule has 0 atom stereocenters. The third-order valence-corrected chi connectivity index (χ3v) is 6.61. The van der Waals surface area contributed by atoms with Crippen LogP contribution >= 0.6 is 23.2 Å². The summed E-state index contributed by atoms with van der Waals surface area (Å²) < 4.78 is 27.0. The van der Waals surface area contributed by atoms with E-state index in [-0.39, 0.29) is 0 Å². The molecule has 0 unspecified atom stereocenters. The lowest BCUT2D eigenvalue weighted by Gasteiger charge is -2.35. The number of benzene rings is 2. The van der Waals surface area contributed by atoms with Crippen molar-refractivity contribution < 1.29 is 8.42 Å². The van der Waals surface area contributed by atoms with Gasteiger partial charge in [0.25, 0.3) is 0 Å². The maximum atomic E-state index is 12.7. The Kier molecular flexibility index (Phi) is 5.06. The van der Waals surface area contributed by atoms with Gasteiger partial charge in [0.1, 0.15) is 0 Å². The molecular weight excluding hydrogens is 367 g/mol. The quantitative estimate of drug-likeness (QED) is 0.807. The molecule has 0 aliphatic carbocycles. The van der Waals surface area contributed by atoms with Crippen LogP contribution in [-0.4, -0.2) is 38.9 Å². The van der Waals surface area contributed by atoms with Crippen molar-refractivity contribution in [2.75, 3.05) is 31.1 Å². The summed E-state index contributed by atoms with van der Waals surface area (Å²) in [5.74, 6) is 0. The fraction of sp³-hybridized carbons (Fsp3) is 0.294. The van der Waals surface area contributed by atoms with Crippen molar-refractivity contribution in [3.05, 3.63) is 58.1 Å². The molecular formula is C17H18Cl2N2O2S. The predicted octanol–water partition coefficient (Wildman–Crippen LogP) is 3.81. The first-order valence-corrected chi connectivity index (χ1v) is 9.84. The first-order valence-electron chi connectivity index (χ1n) is 7.65. The van der Waals surface area contributed by atoms with Gasteiger partial charge in [-0.1, -0.05) is 40.9 Å². The zero-order valence-electron chi connectivity index (χ0n) is 13.2. The number of sulfonamides is 1. The second-order valence-electron chi connectivity index (χ2n) is 5.80. The molecule has 4 nitrogen and oxygen atoms in total. The average molecular weight is 385 g/mol. The Labute approximate surface area is 152 Å². The second-order valence-corrected chi connectivity index (χ2v) is 8.58. The highest BCUT2D eigenvalue weighted by Gasteiger charge is 2.29. The van der Waals surface area contributed by atoms with Gasteiger partial charge in [0.15, 0.2) is 0 Å². The fourth-order valence-electron chi connectivity index (χ4n) is 2.76. The zero-order valence-corrected chi connectivity index (χ0v) is 15.6. The number of halogens is 2. The van der Waals surface area contributed by atoms with Gasteiger partial charge in [0.2, 0.25) is 10.0 Å². The standard InChI is InChI=1S/C17H18Cl2N2O2S/c1-13-2-5-15(6-3-13)24(22,23)21-10-8-20(9-11-21)17-12-14(18)4-7-16(17)19/h2-7,12H,8-11H2,1H3. The van der Waals surface area contributed by atoms with E-state index in [0.29, 0.717) is 41.1 Å². The van der Waals surface area contributed by atoms with Gasteiger partial charge in [-0.15, -0.1) is 0 Å². The maximum absolute atomic E-state index is 12.7. The van der Waals surface area contributed by atoms with Crippen molar-refractivity contribution in [1.29, 1.82) is 0 Å². The largest absolute Gasteiger partial charge is 0.368 e. The lowest BCUT2D eigenvalue weighted by molar-refractivity contribution is 0.385. The molecule has 1 fully saturated rings. The number of nitrogens with zero attached hydrogens (tertiary/aromatic N) is 2. The monoisotopic (exact) mass is 384 g/mol. The smallest absolute Gasteiger partial charge is 0.243 e. The van der Waals surface area contributed by atoms with E-state index in [1.165, 1.54) is 4.31 Å². The fourth-order valence-corrected chi connectivity index (χ4v) is 4.58. The van der Waals surface area contributed by atoms with Gasteiger partial charge >= 0.3 is 0 Å². The maximum Gasteiger partial charge on any atom is 0.243 e. The van der Waals surface area contributed by atoms with Crippen LogP contribution in [0.4, 0.5) is 5.69 Å². The van der Waals surface area contributed by atoms with Gasteiger partial charge in [-0.25, -0.2) is 8.42 Å². The van der Waals surface area contributed by atoms with Crippen molar-refractivity contribution in [3.8, 4) is 0 Å². The van der Waals surface area contributed by atoms with Crippen molar-refractivity contribution in [1.82, 2.24) is 4.31 Å². The Morgan fingerprint density at radius 3 is 2.17 bits per heavy atom. The normalized spacial score (nSPS) is 16.4. The summed E-state index contributed by atoms with van der Waals surface area (Å²) in [5.41, 5.74) is 1.88. The number of hydrogen-bond acceptors (Lipinski definition) is 3. The molecule has 7 heteroatoms. The van der Waals surface area contributed by atoms with Crippen molar-refractivity contribution >= 4 is 38.9 Å². The number of hydrogen-bond donors (Lipinski definition) is 0. The highest BCUT2D eigenvalue weighted by Crippen LogP contribution is 2.30. The van der Waals surface area contributed by atoms with E-state index in [4.69, 9.17) is 23.2 Å². The van der Waals surface area contributed by atoms with Crippen LogP contribution in [0.25, 0.3) is 0 Å². The Balaban J connectivity index is 1.75. The second kappa shape index (κ2) is 6.92. The molecule has 1 heterocycles. The third-order valence-electron chi connectivity index (χ3n) is 4.15. The average Bonchev–Trinajstić information content (AvgIpc) is 2.57. The van der Waals surface area contributed by atoms with E-state index in [0.717, 1.165) is 11.3 Å². The molecule has 0 bridgehead atoms. The third kappa shape index (κ3) is 3.54. The molecule has 128 valence electrons. The van der Waals surface area contributed by atoms with Crippen LogP contribution in [0.1, 0.15) is 5.56 Å². The van der Waals surface area contributed by atoms with E-state index in [9.17, 15) is 8.42 Å². The van der Waals surface area contributed by atoms with Crippen LogP contribution < -0.4 is 4.90 Å². The molecule has 24 heavy (non-hydrogen) atoms. The lowest BCUT2D eigenvalue weighted by atomic mass is 10.2. The molecule has 1 aliphatic heterocycles. The molecule has 3 rings (SSSR count). The summed E-state index contributed by atoms with van der Waals surface area (Å²) in [7, 11) is -3.46. The minimum atomic E-state index is -3.46. The van der Waals surface area contributed by atoms with Gasteiger partial charge in [-0.3, -0.25) is 0 Å². The summed E-state index contributed by atoms with van der Waals surface area (Å²) in [5, 5.41) is 1.23. The molecule has 1 aliphatic rings. The molecule has 0 N–H and O–H groups in total. The van der Waals surface area contributed by atoms with Crippen LogP contribution in [-0.2, 0) is 10.0 Å². The zero-order chi connectivity index (χ0) is 17.3. The van der Waals surface area contributed by atoms with Crippen molar-refractivity contribution in [3.63, 3.8) is 0 Å². The molecule has 0 saturated carbocycles. The highest BCUT2D eigenvalue weighted by molar-refractivity contribution is 7.89. The summed E-state index contributed by atoms with van der Waals surface area (Å²) in [4.78, 5) is 2.40. The van der Waals surface area contributed by atoms with Gasteiger partial charge in [-0.05, 0) is 37.3 Å². The lowest BCUT2D eigenvalue weighted by Crippen LogP contribution is -2.48. The summed E-state index contributed by atoms with van der Waals surface area (Å²) >= 11 is 12.3. The van der Waals surface area contributed by atoms with Gasteiger partial charge in [-0.2, -0.15) is 4.31 Å². The molecule has 0 amide bonds. The Morgan fingerprint density at radius 1 is 0.917 bits per heavy atom. The Morgan fingerprint density at radius 2 is 1.54 bits per heavy atom. The molecule has 0 spiro atoms. The summed E-state index contributed by atoms with van der Waals surface area (Å²) in [6, 6.07) is 12.3. The molecule has 2 aromatic carbocycles. The van der Waals surface area contributed by atoms with Crippen LogP contribution in [0, 0.1) is 6.92 Å².